The Morgan fingerprint density at radius 3 is 2.57 bits per heavy atom. The average Bonchev–Trinajstić information content (AvgIpc) is 2.69. The van der Waals surface area contributed by atoms with E-state index >= 15 is 0 Å². The molecule has 1 atom stereocenters. The van der Waals surface area contributed by atoms with Gasteiger partial charge in [-0.2, -0.15) is 0 Å². The van der Waals surface area contributed by atoms with E-state index in [-0.39, 0.29) is 30.8 Å². The first-order valence-corrected chi connectivity index (χ1v) is 9.48. The van der Waals surface area contributed by atoms with Gasteiger partial charge in [-0.25, -0.2) is 4.39 Å². The summed E-state index contributed by atoms with van der Waals surface area (Å²) < 4.78 is 18.7. The summed E-state index contributed by atoms with van der Waals surface area (Å²) in [6.45, 7) is 4.06. The van der Waals surface area contributed by atoms with Crippen LogP contribution in [0.25, 0.3) is 0 Å². The first-order valence-electron chi connectivity index (χ1n) is 9.10. The molecule has 1 N–H and O–H groups in total. The molecule has 0 aliphatic rings. The Labute approximate surface area is 169 Å². The van der Waals surface area contributed by atoms with Gasteiger partial charge in [0.15, 0.2) is 6.61 Å². The number of carbonyl (C=O) groups is 2. The number of rotatable bonds is 9. The zero-order chi connectivity index (χ0) is 20.5. The van der Waals surface area contributed by atoms with Crippen LogP contribution in [0, 0.1) is 5.82 Å². The maximum atomic E-state index is 13.2. The van der Waals surface area contributed by atoms with Crippen LogP contribution in [0.15, 0.2) is 48.5 Å². The van der Waals surface area contributed by atoms with Crippen LogP contribution in [0.3, 0.4) is 0 Å². The zero-order valence-corrected chi connectivity index (χ0v) is 16.7. The van der Waals surface area contributed by atoms with Gasteiger partial charge in [-0.15, -0.1) is 0 Å². The summed E-state index contributed by atoms with van der Waals surface area (Å²) in [4.78, 5) is 26.6. The lowest BCUT2D eigenvalue weighted by molar-refractivity contribution is -0.142. The van der Waals surface area contributed by atoms with Crippen LogP contribution in [0.2, 0.25) is 5.02 Å². The molecular formula is C21H24ClFN2O3. The molecule has 0 saturated heterocycles. The van der Waals surface area contributed by atoms with Crippen molar-refractivity contribution in [1.82, 2.24) is 10.2 Å². The van der Waals surface area contributed by atoms with Gasteiger partial charge in [-0.3, -0.25) is 9.59 Å². The lowest BCUT2D eigenvalue weighted by atomic mass is 10.1. The van der Waals surface area contributed by atoms with E-state index in [1.54, 1.807) is 43.3 Å². The van der Waals surface area contributed by atoms with E-state index in [1.807, 2.05) is 6.92 Å². The van der Waals surface area contributed by atoms with Crippen LogP contribution in [-0.4, -0.2) is 35.9 Å². The number of hydrogen-bond donors (Lipinski definition) is 1. The van der Waals surface area contributed by atoms with Crippen molar-refractivity contribution in [1.29, 1.82) is 0 Å². The number of benzene rings is 2. The molecule has 0 saturated carbocycles. The van der Waals surface area contributed by atoms with Crippen molar-refractivity contribution in [3.05, 3.63) is 64.9 Å². The van der Waals surface area contributed by atoms with Crippen molar-refractivity contribution in [3.8, 4) is 5.75 Å². The smallest absolute Gasteiger partial charge is 0.261 e. The second-order valence-corrected chi connectivity index (χ2v) is 6.80. The van der Waals surface area contributed by atoms with Gasteiger partial charge in [-0.1, -0.05) is 36.7 Å². The van der Waals surface area contributed by atoms with Gasteiger partial charge in [0.1, 0.15) is 17.6 Å². The van der Waals surface area contributed by atoms with Crippen molar-refractivity contribution >= 4 is 23.4 Å². The number of ether oxygens (including phenoxy) is 1. The highest BCUT2D eigenvalue weighted by atomic mass is 35.5. The van der Waals surface area contributed by atoms with Crippen LogP contribution < -0.4 is 10.1 Å². The Hall–Kier alpha value is -2.60. The molecule has 2 aromatic carbocycles. The Morgan fingerprint density at radius 1 is 1.21 bits per heavy atom. The number of hydrogen-bond acceptors (Lipinski definition) is 3. The molecule has 0 aliphatic heterocycles. The molecule has 1 unspecified atom stereocenters. The quantitative estimate of drug-likeness (QED) is 0.689. The minimum absolute atomic E-state index is 0.165. The summed E-state index contributed by atoms with van der Waals surface area (Å²) in [5, 5.41) is 3.29. The van der Waals surface area contributed by atoms with Crippen LogP contribution in [-0.2, 0) is 16.1 Å². The van der Waals surface area contributed by atoms with Crippen molar-refractivity contribution < 1.29 is 18.7 Å². The van der Waals surface area contributed by atoms with Crippen LogP contribution in [0.4, 0.5) is 4.39 Å². The minimum atomic E-state index is -0.702. The topological polar surface area (TPSA) is 58.6 Å². The van der Waals surface area contributed by atoms with Crippen LogP contribution in [0.5, 0.6) is 5.75 Å². The third-order valence-electron chi connectivity index (χ3n) is 4.14. The molecular weight excluding hydrogens is 383 g/mol. The highest BCUT2D eigenvalue weighted by Gasteiger charge is 2.26. The fraction of sp³-hybridized carbons (Fsp3) is 0.333. The molecule has 0 heterocycles. The van der Waals surface area contributed by atoms with Crippen LogP contribution >= 0.6 is 11.6 Å². The lowest BCUT2D eigenvalue weighted by Crippen LogP contribution is -2.49. The summed E-state index contributed by atoms with van der Waals surface area (Å²) >= 11 is 5.92. The monoisotopic (exact) mass is 406 g/mol. The van der Waals surface area contributed by atoms with E-state index in [4.69, 9.17) is 16.3 Å². The molecule has 0 aliphatic carbocycles. The largest absolute Gasteiger partial charge is 0.484 e. The Morgan fingerprint density at radius 2 is 1.93 bits per heavy atom. The van der Waals surface area contributed by atoms with Gasteiger partial charge in [0.25, 0.3) is 5.91 Å². The molecule has 2 amide bonds. The predicted molar refractivity (Wildman–Crippen MR) is 107 cm³/mol. The molecule has 0 fully saturated rings. The van der Waals surface area contributed by atoms with E-state index in [0.717, 1.165) is 6.42 Å². The maximum absolute atomic E-state index is 13.2. The maximum Gasteiger partial charge on any atom is 0.261 e. The first-order chi connectivity index (χ1) is 13.4. The van der Waals surface area contributed by atoms with E-state index in [1.165, 1.54) is 17.0 Å². The zero-order valence-electron chi connectivity index (χ0n) is 16.0. The van der Waals surface area contributed by atoms with E-state index in [2.05, 4.69) is 5.32 Å². The van der Waals surface area contributed by atoms with Crippen molar-refractivity contribution in [2.45, 2.75) is 32.9 Å². The second-order valence-electron chi connectivity index (χ2n) is 6.36. The summed E-state index contributed by atoms with van der Waals surface area (Å²) in [5.41, 5.74) is 0.715. The number of nitrogens with one attached hydrogen (secondary N) is 1. The highest BCUT2D eigenvalue weighted by molar-refractivity contribution is 6.30. The van der Waals surface area contributed by atoms with Crippen molar-refractivity contribution in [2.24, 2.45) is 0 Å². The average molecular weight is 407 g/mol. The predicted octanol–water partition coefficient (Wildman–Crippen LogP) is 3.80. The van der Waals surface area contributed by atoms with Gasteiger partial charge in [0.2, 0.25) is 5.91 Å². The number of carbonyl (C=O) groups excluding carboxylic acids is 2. The normalized spacial score (nSPS) is 11.6. The fourth-order valence-corrected chi connectivity index (χ4v) is 2.73. The molecule has 0 radical (unpaired) electrons. The summed E-state index contributed by atoms with van der Waals surface area (Å²) in [6.07, 6.45) is 0.794. The van der Waals surface area contributed by atoms with Gasteiger partial charge >= 0.3 is 0 Å². The highest BCUT2D eigenvalue weighted by Crippen LogP contribution is 2.18. The SMILES string of the molecule is CCCNC(=O)C(C)N(Cc1ccc(F)cc1)C(=O)COc1cccc(Cl)c1. The van der Waals surface area contributed by atoms with Gasteiger partial charge < -0.3 is 15.0 Å². The standard InChI is InChI=1S/C21H24ClFN2O3/c1-3-11-24-21(27)15(2)25(13-16-7-9-18(23)10-8-16)20(26)14-28-19-6-4-5-17(22)12-19/h4-10,12,15H,3,11,13-14H2,1-2H3,(H,24,27). The molecule has 0 aromatic heterocycles. The number of halogens is 2. The van der Waals surface area contributed by atoms with Gasteiger partial charge in [0, 0.05) is 18.1 Å². The fourth-order valence-electron chi connectivity index (χ4n) is 2.55. The molecule has 5 nitrogen and oxygen atoms in total. The van der Waals surface area contributed by atoms with E-state index in [9.17, 15) is 14.0 Å². The number of amides is 2. The molecule has 7 heteroatoms. The van der Waals surface area contributed by atoms with Crippen molar-refractivity contribution in [2.75, 3.05) is 13.2 Å². The van der Waals surface area contributed by atoms with Gasteiger partial charge in [0.05, 0.1) is 0 Å². The molecule has 0 spiro atoms. The Balaban J connectivity index is 2.11. The molecule has 2 rings (SSSR count). The molecule has 0 bridgehead atoms. The van der Waals surface area contributed by atoms with E-state index < -0.39 is 6.04 Å². The summed E-state index contributed by atoms with van der Waals surface area (Å²) in [6, 6.07) is 11.8. The van der Waals surface area contributed by atoms with Crippen molar-refractivity contribution in [3.63, 3.8) is 0 Å². The minimum Gasteiger partial charge on any atom is -0.484 e. The molecule has 150 valence electrons. The van der Waals surface area contributed by atoms with Crippen LogP contribution in [0.1, 0.15) is 25.8 Å². The molecule has 28 heavy (non-hydrogen) atoms. The molecule has 2 aromatic rings. The lowest BCUT2D eigenvalue weighted by Gasteiger charge is -2.28. The number of nitrogens with zero attached hydrogens (tertiary/aromatic N) is 1. The summed E-state index contributed by atoms with van der Waals surface area (Å²) in [7, 11) is 0. The Bertz CT molecular complexity index is 798. The second kappa shape index (κ2) is 10.7. The Kier molecular flexibility index (Phi) is 8.26. The van der Waals surface area contributed by atoms with Gasteiger partial charge in [-0.05, 0) is 49.2 Å². The summed E-state index contributed by atoms with van der Waals surface area (Å²) in [5.74, 6) is -0.506. The third-order valence-corrected chi connectivity index (χ3v) is 4.38. The first kappa shape index (κ1) is 21.7. The third kappa shape index (κ3) is 6.53. The van der Waals surface area contributed by atoms with E-state index in [0.29, 0.717) is 22.9 Å².